The maximum absolute atomic E-state index is 14.0. The number of hydrogen-bond donors (Lipinski definition) is 2. The number of unbranched alkanes of at least 4 members (excludes halogenated alkanes) is 2. The van der Waals surface area contributed by atoms with E-state index in [2.05, 4.69) is 0 Å². The van der Waals surface area contributed by atoms with Crippen LogP contribution in [0.2, 0.25) is 0 Å². The van der Waals surface area contributed by atoms with Crippen molar-refractivity contribution in [1.82, 2.24) is 0 Å². The molecule has 0 aliphatic heterocycles. The first-order chi connectivity index (χ1) is 15.6. The fourth-order valence-electron chi connectivity index (χ4n) is 3.78. The number of ether oxygens (including phenoxy) is 1. The number of halogens is 3. The zero-order chi connectivity index (χ0) is 24.5. The molecule has 0 amide bonds. The minimum atomic E-state index is -1.27. The van der Waals surface area contributed by atoms with E-state index in [1.807, 2.05) is 6.92 Å². The third kappa shape index (κ3) is 7.78. The number of carbonyl (C=O) groups excluding carboxylic acids is 1. The lowest BCUT2D eigenvalue weighted by Gasteiger charge is -2.20. The van der Waals surface area contributed by atoms with Gasteiger partial charge in [0, 0.05) is 28.6 Å². The highest BCUT2D eigenvalue weighted by atomic mass is 32.2. The smallest absolute Gasteiger partial charge is 0.306 e. The Labute approximate surface area is 196 Å². The van der Waals surface area contributed by atoms with Crippen molar-refractivity contribution in [2.45, 2.75) is 63.7 Å². The van der Waals surface area contributed by atoms with Crippen LogP contribution in [0.1, 0.15) is 51.0 Å². The molecular weight excluding hydrogens is 457 g/mol. The van der Waals surface area contributed by atoms with E-state index in [4.69, 9.17) is 9.84 Å². The van der Waals surface area contributed by atoms with Gasteiger partial charge in [-0.25, -0.2) is 13.2 Å². The Morgan fingerprint density at radius 3 is 2.61 bits per heavy atom. The van der Waals surface area contributed by atoms with Gasteiger partial charge >= 0.3 is 5.97 Å². The van der Waals surface area contributed by atoms with Crippen LogP contribution in [0, 0.1) is 36.2 Å². The van der Waals surface area contributed by atoms with Crippen molar-refractivity contribution >= 4 is 23.5 Å². The highest BCUT2D eigenvalue weighted by molar-refractivity contribution is 8.00. The largest absolute Gasteiger partial charge is 0.488 e. The van der Waals surface area contributed by atoms with Crippen LogP contribution in [0.5, 0.6) is 5.75 Å². The summed E-state index contributed by atoms with van der Waals surface area (Å²) in [5, 5.41) is 19.2. The fourth-order valence-corrected chi connectivity index (χ4v) is 5.02. The molecule has 0 aromatic heterocycles. The zero-order valence-corrected chi connectivity index (χ0v) is 19.7. The normalized spacial score (nSPS) is 19.6. The van der Waals surface area contributed by atoms with E-state index in [1.54, 1.807) is 12.2 Å². The van der Waals surface area contributed by atoms with E-state index in [0.717, 1.165) is 26.2 Å². The van der Waals surface area contributed by atoms with Crippen LogP contribution in [0.15, 0.2) is 18.2 Å². The van der Waals surface area contributed by atoms with Crippen LogP contribution in [0.25, 0.3) is 0 Å². The lowest BCUT2D eigenvalue weighted by molar-refractivity contribution is -0.142. The van der Waals surface area contributed by atoms with Crippen molar-refractivity contribution in [2.24, 2.45) is 11.8 Å². The second-order valence-corrected chi connectivity index (χ2v) is 9.53. The summed E-state index contributed by atoms with van der Waals surface area (Å²) in [4.78, 5) is 23.3. The molecule has 184 valence electrons. The quantitative estimate of drug-likeness (QED) is 0.281. The second-order valence-electron chi connectivity index (χ2n) is 8.32. The summed E-state index contributed by atoms with van der Waals surface area (Å²) in [6, 6.07) is 0.616. The third-order valence-electron chi connectivity index (χ3n) is 5.88. The lowest BCUT2D eigenvalue weighted by atomic mass is 9.95. The summed E-state index contributed by atoms with van der Waals surface area (Å²) < 4.78 is 46.0. The van der Waals surface area contributed by atoms with Gasteiger partial charge in [-0.05, 0) is 32.3 Å². The van der Waals surface area contributed by atoms with Crippen molar-refractivity contribution in [2.75, 3.05) is 12.4 Å². The first-order valence-corrected chi connectivity index (χ1v) is 12.2. The Balaban J connectivity index is 1.75. The summed E-state index contributed by atoms with van der Waals surface area (Å²) in [7, 11) is 0. The number of hydrogen-bond acceptors (Lipinski definition) is 5. The second kappa shape index (κ2) is 13.0. The van der Waals surface area contributed by atoms with Crippen LogP contribution >= 0.6 is 11.8 Å². The van der Waals surface area contributed by atoms with Gasteiger partial charge in [0.25, 0.3) is 0 Å². The predicted molar refractivity (Wildman–Crippen MR) is 121 cm³/mol. The number of thioether (sulfide) groups is 1. The van der Waals surface area contributed by atoms with Gasteiger partial charge < -0.3 is 14.9 Å². The Hall–Kier alpha value is -2.00. The summed E-state index contributed by atoms with van der Waals surface area (Å²) in [6.07, 6.45) is 6.73. The van der Waals surface area contributed by atoms with E-state index in [1.165, 1.54) is 11.8 Å². The van der Waals surface area contributed by atoms with E-state index in [-0.39, 0.29) is 35.2 Å². The number of aliphatic hydroxyl groups is 1. The van der Waals surface area contributed by atoms with E-state index < -0.39 is 40.8 Å². The molecule has 0 saturated carbocycles. The van der Waals surface area contributed by atoms with Gasteiger partial charge in [0.15, 0.2) is 29.0 Å². The van der Waals surface area contributed by atoms with Gasteiger partial charge in [-0.1, -0.05) is 32.3 Å². The number of allylic oxidation sites excluding steroid dienone is 1. The lowest BCUT2D eigenvalue weighted by Crippen LogP contribution is -2.24. The first kappa shape index (κ1) is 27.2. The molecule has 9 heteroatoms. The van der Waals surface area contributed by atoms with Crippen LogP contribution in [-0.4, -0.2) is 45.7 Å². The number of carboxylic acids is 1. The SMILES string of the molecule is CCC(CCCCCC1C(=O)C=CC1SCC(O)COc1cc(F)c(F)c(C)c1F)C(=O)O. The summed E-state index contributed by atoms with van der Waals surface area (Å²) >= 11 is 1.39. The molecule has 33 heavy (non-hydrogen) atoms. The number of rotatable bonds is 14. The van der Waals surface area contributed by atoms with Gasteiger partial charge in [0.1, 0.15) is 6.61 Å². The number of aliphatic carboxylic acids is 1. The minimum absolute atomic E-state index is 0.0366. The molecule has 2 N–H and O–H groups in total. The minimum Gasteiger partial charge on any atom is -0.488 e. The molecule has 4 atom stereocenters. The summed E-state index contributed by atoms with van der Waals surface area (Å²) in [5.41, 5.74) is -0.487. The Morgan fingerprint density at radius 1 is 1.21 bits per heavy atom. The number of aliphatic hydroxyl groups excluding tert-OH is 1. The molecule has 1 aliphatic carbocycles. The maximum atomic E-state index is 14.0. The van der Waals surface area contributed by atoms with E-state index in [9.17, 15) is 27.9 Å². The van der Waals surface area contributed by atoms with Crippen molar-refractivity contribution in [3.05, 3.63) is 41.2 Å². The molecule has 0 spiro atoms. The molecule has 1 aromatic rings. The molecule has 2 rings (SSSR count). The first-order valence-electron chi connectivity index (χ1n) is 11.2. The summed E-state index contributed by atoms with van der Waals surface area (Å²) in [5.74, 6) is -5.00. The van der Waals surface area contributed by atoms with Gasteiger partial charge in [-0.2, -0.15) is 11.8 Å². The molecule has 1 aliphatic rings. The van der Waals surface area contributed by atoms with Crippen LogP contribution in [0.4, 0.5) is 13.2 Å². The molecular formula is C24H31F3O5S. The van der Waals surface area contributed by atoms with E-state index in [0.29, 0.717) is 25.3 Å². The highest BCUT2D eigenvalue weighted by Crippen LogP contribution is 2.32. The maximum Gasteiger partial charge on any atom is 0.306 e. The standard InChI is InChI=1S/C24H31F3O5S/c1-3-15(24(30)31)7-5-4-6-8-17-19(29)9-10-21(17)33-13-16(28)12-32-20-11-18(25)22(26)14(2)23(20)27/h9-11,15-17,21,28H,3-8,12-13H2,1-2H3,(H,30,31). The van der Waals surface area contributed by atoms with Crippen LogP contribution in [-0.2, 0) is 9.59 Å². The van der Waals surface area contributed by atoms with Gasteiger partial charge in [0.2, 0.25) is 0 Å². The van der Waals surface area contributed by atoms with Crippen LogP contribution < -0.4 is 4.74 Å². The average molecular weight is 489 g/mol. The number of benzene rings is 1. The highest BCUT2D eigenvalue weighted by Gasteiger charge is 2.30. The topological polar surface area (TPSA) is 83.8 Å². The fraction of sp³-hybridized carbons (Fsp3) is 0.583. The molecule has 0 saturated heterocycles. The summed E-state index contributed by atoms with van der Waals surface area (Å²) in [6.45, 7) is 2.66. The van der Waals surface area contributed by atoms with E-state index >= 15 is 0 Å². The number of ketones is 1. The number of carboxylic acid groups (broad SMARTS) is 1. The third-order valence-corrected chi connectivity index (χ3v) is 7.32. The predicted octanol–water partition coefficient (Wildman–Crippen LogP) is 5.07. The molecule has 5 nitrogen and oxygen atoms in total. The van der Waals surface area contributed by atoms with Crippen molar-refractivity contribution < 1.29 is 37.7 Å². The van der Waals surface area contributed by atoms with Gasteiger partial charge in [0.05, 0.1) is 12.0 Å². The number of carbonyl (C=O) groups is 2. The molecule has 0 fully saturated rings. The molecule has 0 heterocycles. The monoisotopic (exact) mass is 488 g/mol. The van der Waals surface area contributed by atoms with Gasteiger partial charge in [-0.15, -0.1) is 0 Å². The Bertz CT molecular complexity index is 861. The Kier molecular flexibility index (Phi) is 10.8. The molecule has 0 bridgehead atoms. The van der Waals surface area contributed by atoms with Crippen molar-refractivity contribution in [3.63, 3.8) is 0 Å². The zero-order valence-electron chi connectivity index (χ0n) is 18.9. The molecule has 0 radical (unpaired) electrons. The van der Waals surface area contributed by atoms with Crippen LogP contribution in [0.3, 0.4) is 0 Å². The van der Waals surface area contributed by atoms with Crippen molar-refractivity contribution in [3.8, 4) is 5.75 Å². The average Bonchev–Trinajstić information content (AvgIpc) is 3.13. The molecule has 1 aromatic carbocycles. The molecule has 4 unspecified atom stereocenters. The Morgan fingerprint density at radius 2 is 1.94 bits per heavy atom. The van der Waals surface area contributed by atoms with Gasteiger partial charge in [-0.3, -0.25) is 9.59 Å². The van der Waals surface area contributed by atoms with Crippen molar-refractivity contribution in [1.29, 1.82) is 0 Å².